The Morgan fingerprint density at radius 2 is 1.96 bits per heavy atom. The van der Waals surface area contributed by atoms with Crippen LogP contribution >= 0.6 is 11.6 Å². The van der Waals surface area contributed by atoms with Crippen LogP contribution in [-0.2, 0) is 9.53 Å². The van der Waals surface area contributed by atoms with Gasteiger partial charge in [-0.25, -0.2) is 14.0 Å². The fourth-order valence-corrected chi connectivity index (χ4v) is 2.00. The Morgan fingerprint density at radius 3 is 2.50 bits per heavy atom. The van der Waals surface area contributed by atoms with Crippen molar-refractivity contribution in [2.24, 2.45) is 0 Å². The van der Waals surface area contributed by atoms with Crippen molar-refractivity contribution in [1.82, 2.24) is 5.32 Å². The monoisotopic (exact) mass is 359 g/mol. The number of rotatable bonds is 6. The highest BCUT2D eigenvalue weighted by Crippen LogP contribution is 2.17. The SMILES string of the molecule is CC(C)(C)OC(=O)N[C@H](CCC(=O)c1cc(Cl)ccc1F)C(=O)O. The molecule has 0 heterocycles. The van der Waals surface area contributed by atoms with Crippen molar-refractivity contribution < 1.29 is 28.6 Å². The minimum Gasteiger partial charge on any atom is -0.480 e. The molecule has 2 N–H and O–H groups in total. The van der Waals surface area contributed by atoms with Crippen molar-refractivity contribution in [2.75, 3.05) is 0 Å². The van der Waals surface area contributed by atoms with E-state index in [9.17, 15) is 18.8 Å². The van der Waals surface area contributed by atoms with Gasteiger partial charge in [0.2, 0.25) is 0 Å². The van der Waals surface area contributed by atoms with Crippen LogP contribution in [0.5, 0.6) is 0 Å². The zero-order chi connectivity index (χ0) is 18.5. The van der Waals surface area contributed by atoms with Gasteiger partial charge >= 0.3 is 12.1 Å². The van der Waals surface area contributed by atoms with E-state index in [1.54, 1.807) is 20.8 Å². The normalized spacial score (nSPS) is 12.4. The lowest BCUT2D eigenvalue weighted by molar-refractivity contribution is -0.139. The number of ketones is 1. The van der Waals surface area contributed by atoms with Crippen LogP contribution in [0.1, 0.15) is 44.0 Å². The zero-order valence-corrected chi connectivity index (χ0v) is 14.3. The zero-order valence-electron chi connectivity index (χ0n) is 13.6. The highest BCUT2D eigenvalue weighted by atomic mass is 35.5. The second kappa shape index (κ2) is 8.10. The van der Waals surface area contributed by atoms with Gasteiger partial charge in [0.15, 0.2) is 5.78 Å². The van der Waals surface area contributed by atoms with Gasteiger partial charge in [0, 0.05) is 11.4 Å². The minimum atomic E-state index is -1.33. The number of nitrogens with one attached hydrogen (secondary N) is 1. The number of carboxylic acids is 1. The summed E-state index contributed by atoms with van der Waals surface area (Å²) in [5.74, 6) is -2.66. The maximum Gasteiger partial charge on any atom is 0.408 e. The molecule has 0 bridgehead atoms. The third kappa shape index (κ3) is 6.54. The number of benzene rings is 1. The molecule has 1 atom stereocenters. The molecule has 0 fully saturated rings. The van der Waals surface area contributed by atoms with Gasteiger partial charge in [0.25, 0.3) is 0 Å². The molecule has 6 nitrogen and oxygen atoms in total. The molecule has 0 saturated heterocycles. The fraction of sp³-hybridized carbons (Fsp3) is 0.438. The van der Waals surface area contributed by atoms with Gasteiger partial charge < -0.3 is 15.2 Å². The predicted molar refractivity (Wildman–Crippen MR) is 85.8 cm³/mol. The molecule has 1 amide bonds. The van der Waals surface area contributed by atoms with Crippen molar-refractivity contribution in [3.63, 3.8) is 0 Å². The van der Waals surface area contributed by atoms with Crippen LogP contribution in [0.4, 0.5) is 9.18 Å². The first kappa shape index (κ1) is 19.9. The lowest BCUT2D eigenvalue weighted by Gasteiger charge is -2.21. The van der Waals surface area contributed by atoms with Crippen molar-refractivity contribution in [3.05, 3.63) is 34.6 Å². The van der Waals surface area contributed by atoms with Gasteiger partial charge in [-0.2, -0.15) is 0 Å². The summed E-state index contributed by atoms with van der Waals surface area (Å²) in [6.07, 6.45) is -1.39. The minimum absolute atomic E-state index is 0.196. The van der Waals surface area contributed by atoms with Gasteiger partial charge in [0.1, 0.15) is 17.5 Å². The maximum absolute atomic E-state index is 13.6. The third-order valence-corrected chi connectivity index (χ3v) is 3.11. The topological polar surface area (TPSA) is 92.7 Å². The second-order valence-corrected chi connectivity index (χ2v) is 6.56. The number of amides is 1. The molecule has 132 valence electrons. The molecule has 0 saturated carbocycles. The van der Waals surface area contributed by atoms with Crippen molar-refractivity contribution in [2.45, 2.75) is 45.3 Å². The van der Waals surface area contributed by atoms with Crippen LogP contribution in [0.2, 0.25) is 5.02 Å². The van der Waals surface area contributed by atoms with Crippen molar-refractivity contribution in [1.29, 1.82) is 0 Å². The number of hydrogen-bond acceptors (Lipinski definition) is 4. The van der Waals surface area contributed by atoms with E-state index in [1.165, 1.54) is 12.1 Å². The largest absolute Gasteiger partial charge is 0.480 e. The predicted octanol–water partition coefficient (Wildman–Crippen LogP) is 3.42. The third-order valence-electron chi connectivity index (χ3n) is 2.88. The van der Waals surface area contributed by atoms with Crippen molar-refractivity contribution >= 4 is 29.4 Å². The van der Waals surface area contributed by atoms with Crippen molar-refractivity contribution in [3.8, 4) is 0 Å². The summed E-state index contributed by atoms with van der Waals surface area (Å²) in [5.41, 5.74) is -1.00. The smallest absolute Gasteiger partial charge is 0.408 e. The highest BCUT2D eigenvalue weighted by molar-refractivity contribution is 6.31. The molecule has 8 heteroatoms. The molecular formula is C16H19ClFNO5. The summed E-state index contributed by atoms with van der Waals surface area (Å²) in [6.45, 7) is 4.90. The number of aliphatic carboxylic acids is 1. The molecule has 0 aliphatic carbocycles. The van der Waals surface area contributed by atoms with E-state index in [1.807, 2.05) is 0 Å². The molecule has 0 aliphatic heterocycles. The number of carboxylic acid groups (broad SMARTS) is 1. The molecule has 0 aliphatic rings. The number of carbonyl (C=O) groups is 3. The number of Topliss-reactive ketones (excluding diaryl/α,β-unsaturated/α-hetero) is 1. The molecule has 0 radical (unpaired) electrons. The summed E-state index contributed by atoms with van der Waals surface area (Å²) in [7, 11) is 0. The van der Waals surface area contributed by atoms with Gasteiger partial charge in [-0.3, -0.25) is 4.79 Å². The lowest BCUT2D eigenvalue weighted by Crippen LogP contribution is -2.43. The second-order valence-electron chi connectivity index (χ2n) is 6.12. The molecule has 24 heavy (non-hydrogen) atoms. The summed E-state index contributed by atoms with van der Waals surface area (Å²) >= 11 is 5.72. The number of alkyl carbamates (subject to hydrolysis) is 1. The molecule has 0 spiro atoms. The van der Waals surface area contributed by atoms with Crippen LogP contribution in [0.25, 0.3) is 0 Å². The quantitative estimate of drug-likeness (QED) is 0.759. The van der Waals surface area contributed by atoms with E-state index in [-0.39, 0.29) is 23.4 Å². The summed E-state index contributed by atoms with van der Waals surface area (Å²) in [6, 6.07) is 2.21. The summed E-state index contributed by atoms with van der Waals surface area (Å²) in [4.78, 5) is 34.8. The maximum atomic E-state index is 13.6. The summed E-state index contributed by atoms with van der Waals surface area (Å²) < 4.78 is 18.6. The van der Waals surface area contributed by atoms with E-state index < -0.39 is 35.3 Å². The first-order valence-electron chi connectivity index (χ1n) is 7.20. The van der Waals surface area contributed by atoms with Crippen LogP contribution in [0.3, 0.4) is 0 Å². The Balaban J connectivity index is 2.70. The fourth-order valence-electron chi connectivity index (χ4n) is 1.83. The van der Waals surface area contributed by atoms with Gasteiger partial charge in [-0.05, 0) is 45.4 Å². The first-order valence-corrected chi connectivity index (χ1v) is 7.58. The van der Waals surface area contributed by atoms with Gasteiger partial charge in [0.05, 0.1) is 5.56 Å². The van der Waals surface area contributed by atoms with Crippen LogP contribution in [0, 0.1) is 5.82 Å². The molecule has 1 rings (SSSR count). The average molecular weight is 360 g/mol. The number of hydrogen-bond donors (Lipinski definition) is 2. The lowest BCUT2D eigenvalue weighted by atomic mass is 10.0. The number of carbonyl (C=O) groups excluding carboxylic acids is 2. The van der Waals surface area contributed by atoms with Gasteiger partial charge in [-0.1, -0.05) is 11.6 Å². The van der Waals surface area contributed by atoms with Gasteiger partial charge in [-0.15, -0.1) is 0 Å². The van der Waals surface area contributed by atoms with Crippen LogP contribution < -0.4 is 5.32 Å². The Morgan fingerprint density at radius 1 is 1.33 bits per heavy atom. The Bertz CT molecular complexity index is 642. The molecule has 1 aromatic carbocycles. The highest BCUT2D eigenvalue weighted by Gasteiger charge is 2.25. The Labute approximate surface area is 143 Å². The number of ether oxygens (including phenoxy) is 1. The molecule has 0 aromatic heterocycles. The van der Waals surface area contributed by atoms with E-state index in [4.69, 9.17) is 21.4 Å². The molecule has 0 unspecified atom stereocenters. The standard InChI is InChI=1S/C16H19ClFNO5/c1-16(2,3)24-15(23)19-12(14(21)22)6-7-13(20)10-8-9(17)4-5-11(10)18/h4-5,8,12H,6-7H2,1-3H3,(H,19,23)(H,21,22)/t12-/m1/s1. The Kier molecular flexibility index (Phi) is 6.71. The van der Waals surface area contributed by atoms with E-state index in [2.05, 4.69) is 5.32 Å². The van der Waals surface area contributed by atoms with Crippen LogP contribution in [-0.4, -0.2) is 34.6 Å². The molecular weight excluding hydrogens is 341 g/mol. The molecule has 1 aromatic rings. The van der Waals surface area contributed by atoms with E-state index >= 15 is 0 Å². The Hall–Kier alpha value is -2.15. The average Bonchev–Trinajstić information content (AvgIpc) is 2.43. The number of halogens is 2. The van der Waals surface area contributed by atoms with E-state index in [0.717, 1.165) is 6.07 Å². The first-order chi connectivity index (χ1) is 11.0. The van der Waals surface area contributed by atoms with E-state index in [0.29, 0.717) is 0 Å². The van der Waals surface area contributed by atoms with Crippen LogP contribution in [0.15, 0.2) is 18.2 Å². The summed E-state index contributed by atoms with van der Waals surface area (Å²) in [5, 5.41) is 11.5.